The van der Waals surface area contributed by atoms with Crippen molar-refractivity contribution in [3.63, 3.8) is 0 Å². The molecule has 4 heteroatoms. The summed E-state index contributed by atoms with van der Waals surface area (Å²) in [6.45, 7) is 1.93. The molecule has 2 aromatic rings. The van der Waals surface area contributed by atoms with Crippen LogP contribution in [0.1, 0.15) is 17.8 Å². The number of hydrogen-bond acceptors (Lipinski definition) is 4. The van der Waals surface area contributed by atoms with Gasteiger partial charge in [0.1, 0.15) is 11.6 Å². The number of hydrogen-bond donors (Lipinski definition) is 1. The van der Waals surface area contributed by atoms with Crippen LogP contribution in [0, 0.1) is 0 Å². The molecule has 1 aromatic heterocycles. The third-order valence-electron chi connectivity index (χ3n) is 3.68. The lowest BCUT2D eigenvalue weighted by molar-refractivity contribution is 0.735. The number of fused-ring (bicyclic) bond motifs is 1. The molecule has 0 atom stereocenters. The first-order valence-corrected chi connectivity index (χ1v) is 7.20. The normalized spacial score (nSPS) is 14.2. The summed E-state index contributed by atoms with van der Waals surface area (Å²) >= 11 is 0. The van der Waals surface area contributed by atoms with Crippen LogP contribution in [0.15, 0.2) is 36.5 Å². The monoisotopic (exact) mass is 268 g/mol. The van der Waals surface area contributed by atoms with Crippen molar-refractivity contribution < 1.29 is 0 Å². The van der Waals surface area contributed by atoms with E-state index in [0.717, 1.165) is 37.6 Å². The number of nitrogens with one attached hydrogen (secondary N) is 1. The number of aryl methyl sites for hydroxylation is 1. The molecule has 104 valence electrons. The van der Waals surface area contributed by atoms with Gasteiger partial charge in [0.25, 0.3) is 0 Å². The van der Waals surface area contributed by atoms with Gasteiger partial charge in [-0.15, -0.1) is 0 Å². The van der Waals surface area contributed by atoms with Crippen LogP contribution in [0.3, 0.4) is 0 Å². The van der Waals surface area contributed by atoms with Crippen molar-refractivity contribution in [1.29, 1.82) is 0 Å². The molecule has 1 aromatic carbocycles. The van der Waals surface area contributed by atoms with Crippen molar-refractivity contribution in [2.24, 2.45) is 0 Å². The Morgan fingerprint density at radius 1 is 1.25 bits per heavy atom. The predicted molar refractivity (Wildman–Crippen MR) is 81.4 cm³/mol. The highest BCUT2D eigenvalue weighted by molar-refractivity contribution is 5.65. The second-order valence-electron chi connectivity index (χ2n) is 5.07. The van der Waals surface area contributed by atoms with Gasteiger partial charge in [0.2, 0.25) is 0 Å². The minimum Gasteiger partial charge on any atom is -0.326 e. The van der Waals surface area contributed by atoms with Crippen LogP contribution in [0.25, 0.3) is 0 Å². The van der Waals surface area contributed by atoms with E-state index < -0.39 is 0 Å². The second-order valence-corrected chi connectivity index (χ2v) is 5.07. The second kappa shape index (κ2) is 6.01. The Balaban J connectivity index is 1.90. The number of aromatic nitrogens is 2. The van der Waals surface area contributed by atoms with Crippen LogP contribution < -0.4 is 10.2 Å². The minimum atomic E-state index is 0.861. The zero-order valence-corrected chi connectivity index (χ0v) is 11.8. The Hall–Kier alpha value is -1.94. The van der Waals surface area contributed by atoms with Crippen LogP contribution in [0.4, 0.5) is 11.5 Å². The van der Waals surface area contributed by atoms with Gasteiger partial charge in [-0.25, -0.2) is 9.97 Å². The van der Waals surface area contributed by atoms with Crippen LogP contribution in [0.5, 0.6) is 0 Å². The highest BCUT2D eigenvalue weighted by Gasteiger charge is 2.18. The van der Waals surface area contributed by atoms with Crippen LogP contribution in [0.2, 0.25) is 0 Å². The lowest BCUT2D eigenvalue weighted by Crippen LogP contribution is -2.25. The lowest BCUT2D eigenvalue weighted by atomic mass is 10.0. The van der Waals surface area contributed by atoms with Gasteiger partial charge >= 0.3 is 0 Å². The molecule has 0 aliphatic carbocycles. The Bertz CT molecular complexity index is 582. The van der Waals surface area contributed by atoms with Gasteiger partial charge in [0, 0.05) is 31.4 Å². The van der Waals surface area contributed by atoms with Gasteiger partial charge in [-0.3, -0.25) is 0 Å². The average molecular weight is 268 g/mol. The van der Waals surface area contributed by atoms with Crippen LogP contribution >= 0.6 is 0 Å². The molecule has 0 amide bonds. The van der Waals surface area contributed by atoms with E-state index in [4.69, 9.17) is 4.98 Å². The standard InChI is InChI=1S/C16H20N4/c1-17-10-8-15-18-11-9-16(19-15)20-12-4-6-13-5-2-3-7-14(13)20/h2-3,5,7,9,11,17H,4,6,8,10,12H2,1H3. The summed E-state index contributed by atoms with van der Waals surface area (Å²) in [6.07, 6.45) is 5.06. The predicted octanol–water partition coefficient (Wildman–Crippen LogP) is 2.32. The highest BCUT2D eigenvalue weighted by atomic mass is 15.2. The Labute approximate surface area is 119 Å². The number of rotatable bonds is 4. The number of likely N-dealkylation sites (N-methyl/N-ethyl adjacent to an activating group) is 1. The molecular weight excluding hydrogens is 248 g/mol. The van der Waals surface area contributed by atoms with E-state index in [1.54, 1.807) is 0 Å². The fourth-order valence-corrected chi connectivity index (χ4v) is 2.67. The maximum atomic E-state index is 4.71. The molecule has 1 aliphatic heterocycles. The molecule has 0 saturated heterocycles. The first-order chi connectivity index (χ1) is 9.88. The zero-order valence-electron chi connectivity index (χ0n) is 11.8. The molecule has 20 heavy (non-hydrogen) atoms. The first kappa shape index (κ1) is 13.1. The van der Waals surface area contributed by atoms with Crippen LogP contribution in [-0.2, 0) is 12.8 Å². The fraction of sp³-hybridized carbons (Fsp3) is 0.375. The van der Waals surface area contributed by atoms with Crippen molar-refractivity contribution in [2.45, 2.75) is 19.3 Å². The quantitative estimate of drug-likeness (QED) is 0.924. The maximum absolute atomic E-state index is 4.71. The van der Waals surface area contributed by atoms with E-state index in [0.29, 0.717) is 0 Å². The van der Waals surface area contributed by atoms with Gasteiger partial charge in [-0.2, -0.15) is 0 Å². The Kier molecular flexibility index (Phi) is 3.92. The van der Waals surface area contributed by atoms with Gasteiger partial charge in [0.15, 0.2) is 0 Å². The number of nitrogens with zero attached hydrogens (tertiary/aromatic N) is 3. The van der Waals surface area contributed by atoms with Crippen molar-refractivity contribution in [2.75, 3.05) is 25.0 Å². The summed E-state index contributed by atoms with van der Waals surface area (Å²) in [5.74, 6) is 1.91. The third-order valence-corrected chi connectivity index (χ3v) is 3.68. The lowest BCUT2D eigenvalue weighted by Gasteiger charge is -2.30. The van der Waals surface area contributed by atoms with Gasteiger partial charge in [-0.1, -0.05) is 18.2 Å². The molecule has 4 nitrogen and oxygen atoms in total. The highest BCUT2D eigenvalue weighted by Crippen LogP contribution is 2.31. The van der Waals surface area contributed by atoms with Gasteiger partial charge in [-0.05, 0) is 37.6 Å². The van der Waals surface area contributed by atoms with Crippen molar-refractivity contribution in [1.82, 2.24) is 15.3 Å². The smallest absolute Gasteiger partial charge is 0.136 e. The summed E-state index contributed by atoms with van der Waals surface area (Å²) in [5.41, 5.74) is 2.70. The molecule has 0 fully saturated rings. The zero-order chi connectivity index (χ0) is 13.8. The molecule has 1 aliphatic rings. The average Bonchev–Trinajstić information content (AvgIpc) is 2.52. The van der Waals surface area contributed by atoms with Gasteiger partial charge in [0.05, 0.1) is 0 Å². The molecule has 2 heterocycles. The molecular formula is C16H20N4. The van der Waals surface area contributed by atoms with Gasteiger partial charge < -0.3 is 10.2 Å². The Morgan fingerprint density at radius 2 is 2.15 bits per heavy atom. The maximum Gasteiger partial charge on any atom is 0.136 e. The molecule has 1 N–H and O–H groups in total. The van der Waals surface area contributed by atoms with Crippen LogP contribution in [-0.4, -0.2) is 30.1 Å². The Morgan fingerprint density at radius 3 is 3.05 bits per heavy atom. The number of anilines is 2. The van der Waals surface area contributed by atoms with E-state index in [9.17, 15) is 0 Å². The molecule has 3 rings (SSSR count). The van der Waals surface area contributed by atoms with Crippen molar-refractivity contribution in [3.05, 3.63) is 47.9 Å². The van der Waals surface area contributed by atoms with Crippen molar-refractivity contribution in [3.8, 4) is 0 Å². The van der Waals surface area contributed by atoms with E-state index >= 15 is 0 Å². The topological polar surface area (TPSA) is 41.1 Å². The summed E-state index contributed by atoms with van der Waals surface area (Å²) in [7, 11) is 1.95. The summed E-state index contributed by atoms with van der Waals surface area (Å²) in [6, 6.07) is 10.6. The summed E-state index contributed by atoms with van der Waals surface area (Å²) in [4.78, 5) is 11.4. The minimum absolute atomic E-state index is 0.861. The molecule has 0 bridgehead atoms. The largest absolute Gasteiger partial charge is 0.326 e. The molecule has 0 spiro atoms. The van der Waals surface area contributed by atoms with E-state index in [1.165, 1.54) is 17.7 Å². The first-order valence-electron chi connectivity index (χ1n) is 7.20. The summed E-state index contributed by atoms with van der Waals surface area (Å²) in [5, 5.41) is 3.14. The molecule has 0 saturated carbocycles. The number of para-hydroxylation sites is 1. The molecule has 0 radical (unpaired) electrons. The van der Waals surface area contributed by atoms with Crippen molar-refractivity contribution >= 4 is 11.5 Å². The summed E-state index contributed by atoms with van der Waals surface area (Å²) < 4.78 is 0. The van der Waals surface area contributed by atoms with E-state index in [-0.39, 0.29) is 0 Å². The fourth-order valence-electron chi connectivity index (χ4n) is 2.67. The van der Waals surface area contributed by atoms with E-state index in [1.807, 2.05) is 19.3 Å². The number of benzene rings is 1. The molecule has 0 unspecified atom stereocenters. The third kappa shape index (κ3) is 2.65. The SMILES string of the molecule is CNCCc1nccc(N2CCCc3ccccc32)n1. The van der Waals surface area contributed by atoms with E-state index in [2.05, 4.69) is 39.5 Å².